The van der Waals surface area contributed by atoms with E-state index in [9.17, 15) is 9.18 Å². The molecule has 1 aliphatic rings. The van der Waals surface area contributed by atoms with Crippen molar-refractivity contribution in [2.75, 3.05) is 6.54 Å². The summed E-state index contributed by atoms with van der Waals surface area (Å²) >= 11 is 0. The minimum atomic E-state index is -0.722. The van der Waals surface area contributed by atoms with E-state index in [1.165, 1.54) is 6.08 Å². The molecule has 2 N–H and O–H groups in total. The fraction of sp³-hybridized carbons (Fsp3) is 0.188. The van der Waals surface area contributed by atoms with Gasteiger partial charge in [-0.25, -0.2) is 14.2 Å². The first-order valence-corrected chi connectivity index (χ1v) is 6.55. The number of nitrogens with zero attached hydrogens (tertiary/aromatic N) is 2. The van der Waals surface area contributed by atoms with E-state index in [1.54, 1.807) is 31.2 Å². The smallest absolute Gasteiger partial charge is 0.347 e. The molecular formula is C16H18FN3O2. The summed E-state index contributed by atoms with van der Waals surface area (Å²) in [6, 6.07) is -0.722. The Labute approximate surface area is 128 Å². The van der Waals surface area contributed by atoms with Crippen LogP contribution in [0.4, 0.5) is 9.18 Å². The monoisotopic (exact) mass is 303 g/mol. The van der Waals surface area contributed by atoms with E-state index in [0.717, 1.165) is 5.57 Å². The highest BCUT2D eigenvalue weighted by Gasteiger charge is 2.05. The second-order valence-electron chi connectivity index (χ2n) is 4.47. The van der Waals surface area contributed by atoms with Gasteiger partial charge in [0, 0.05) is 12.1 Å². The lowest BCUT2D eigenvalue weighted by atomic mass is 10.1. The lowest BCUT2D eigenvalue weighted by Gasteiger charge is -2.03. The Morgan fingerprint density at radius 1 is 1.59 bits per heavy atom. The zero-order valence-corrected chi connectivity index (χ0v) is 12.3. The summed E-state index contributed by atoms with van der Waals surface area (Å²) in [5.41, 5.74) is 1.78. The maximum absolute atomic E-state index is 13.2. The van der Waals surface area contributed by atoms with Gasteiger partial charge in [-0.2, -0.15) is 0 Å². The zero-order valence-electron chi connectivity index (χ0n) is 12.3. The molecule has 0 fully saturated rings. The molecule has 116 valence electrons. The number of allylic oxidation sites excluding steroid dienone is 7. The number of aliphatic imine (C=N–C) groups is 2. The summed E-state index contributed by atoms with van der Waals surface area (Å²) in [6.07, 6.45) is 8.20. The van der Waals surface area contributed by atoms with E-state index in [-0.39, 0.29) is 18.8 Å². The lowest BCUT2D eigenvalue weighted by Crippen LogP contribution is -2.19. The fourth-order valence-electron chi connectivity index (χ4n) is 1.62. The summed E-state index contributed by atoms with van der Waals surface area (Å²) in [7, 11) is 0. The van der Waals surface area contributed by atoms with Crippen molar-refractivity contribution in [3.63, 3.8) is 0 Å². The number of urea groups is 1. The van der Waals surface area contributed by atoms with Crippen molar-refractivity contribution >= 4 is 17.5 Å². The predicted octanol–water partition coefficient (Wildman–Crippen LogP) is 3.55. The summed E-state index contributed by atoms with van der Waals surface area (Å²) in [5.74, 6) is -0.701. The van der Waals surface area contributed by atoms with Crippen molar-refractivity contribution in [3.05, 3.63) is 60.8 Å². The van der Waals surface area contributed by atoms with Gasteiger partial charge in [0.1, 0.15) is 5.83 Å². The Morgan fingerprint density at radius 2 is 2.32 bits per heavy atom. The molecule has 0 spiro atoms. The third kappa shape index (κ3) is 6.13. The average Bonchev–Trinajstić information content (AvgIpc) is 2.63. The van der Waals surface area contributed by atoms with Crippen LogP contribution in [-0.2, 0) is 0 Å². The number of amides is 2. The van der Waals surface area contributed by atoms with E-state index >= 15 is 0 Å². The molecule has 22 heavy (non-hydrogen) atoms. The number of carbonyl (C=O) groups is 1. The number of hydrogen-bond donors (Lipinski definition) is 2. The third-order valence-electron chi connectivity index (χ3n) is 2.58. The van der Waals surface area contributed by atoms with Crippen LogP contribution in [-0.4, -0.2) is 29.1 Å². The molecule has 0 radical (unpaired) electrons. The van der Waals surface area contributed by atoms with Gasteiger partial charge < -0.3 is 5.11 Å². The van der Waals surface area contributed by atoms with Crippen molar-refractivity contribution in [1.29, 1.82) is 0 Å². The minimum Gasteiger partial charge on any atom is -0.495 e. The van der Waals surface area contributed by atoms with E-state index in [1.807, 2.05) is 5.32 Å². The number of aliphatic hydroxyl groups is 1. The van der Waals surface area contributed by atoms with Crippen LogP contribution in [0.2, 0.25) is 0 Å². The molecule has 0 unspecified atom stereocenters. The Morgan fingerprint density at radius 3 is 2.95 bits per heavy atom. The molecule has 0 atom stereocenters. The number of carbonyl (C=O) groups excluding carboxylic acids is 1. The standard InChI is InChI=1S/C16H18FN3O2/c1-4-15(13-6-5-7-14(17)9-8-13)18-10-11(2)19-16(22)20-12(3)21/h4-8,21H,1,3,9-10H2,2H3,(H,20,22)/b18-15?,19-11-. The van der Waals surface area contributed by atoms with Gasteiger partial charge in [-0.3, -0.25) is 10.3 Å². The van der Waals surface area contributed by atoms with Gasteiger partial charge in [0.2, 0.25) is 0 Å². The first-order chi connectivity index (χ1) is 10.4. The maximum Gasteiger partial charge on any atom is 0.347 e. The minimum absolute atomic E-state index is 0.174. The molecule has 0 aromatic carbocycles. The Kier molecular flexibility index (Phi) is 6.69. The summed E-state index contributed by atoms with van der Waals surface area (Å²) in [6.45, 7) is 8.61. The molecule has 0 aromatic rings. The quantitative estimate of drug-likeness (QED) is 0.602. The van der Waals surface area contributed by atoms with Crippen LogP contribution in [0.15, 0.2) is 70.8 Å². The zero-order chi connectivity index (χ0) is 16.5. The molecule has 0 aliphatic heterocycles. The van der Waals surface area contributed by atoms with Crippen LogP contribution < -0.4 is 5.32 Å². The molecular weight excluding hydrogens is 285 g/mol. The second kappa shape index (κ2) is 8.51. The molecule has 0 heterocycles. The largest absolute Gasteiger partial charge is 0.495 e. The van der Waals surface area contributed by atoms with Gasteiger partial charge in [-0.05, 0) is 31.2 Å². The SMILES string of the molecule is C=CC(=NC/C(C)=N\C(=O)NC(=C)O)C1=CCC(F)=CC=C1. The number of hydrogen-bond acceptors (Lipinski definition) is 3. The highest BCUT2D eigenvalue weighted by Crippen LogP contribution is 2.14. The van der Waals surface area contributed by atoms with Crippen molar-refractivity contribution in [1.82, 2.24) is 5.32 Å². The van der Waals surface area contributed by atoms with Gasteiger partial charge in [-0.1, -0.05) is 24.8 Å². The van der Waals surface area contributed by atoms with Crippen molar-refractivity contribution in [2.45, 2.75) is 13.3 Å². The first-order valence-electron chi connectivity index (χ1n) is 6.55. The van der Waals surface area contributed by atoms with E-state index in [0.29, 0.717) is 11.4 Å². The predicted molar refractivity (Wildman–Crippen MR) is 86.9 cm³/mol. The highest BCUT2D eigenvalue weighted by molar-refractivity contribution is 6.11. The van der Waals surface area contributed by atoms with Gasteiger partial charge in [-0.15, -0.1) is 0 Å². The molecule has 0 bridgehead atoms. The van der Waals surface area contributed by atoms with Gasteiger partial charge in [0.15, 0.2) is 5.88 Å². The van der Waals surface area contributed by atoms with E-state index < -0.39 is 11.9 Å². The fourth-order valence-corrected chi connectivity index (χ4v) is 1.62. The van der Waals surface area contributed by atoms with E-state index in [2.05, 4.69) is 23.1 Å². The molecule has 0 saturated heterocycles. The maximum atomic E-state index is 13.2. The number of aliphatic hydroxyl groups excluding tert-OH is 1. The Bertz CT molecular complexity index is 625. The first kappa shape index (κ1) is 17.3. The topological polar surface area (TPSA) is 74.0 Å². The summed E-state index contributed by atoms with van der Waals surface area (Å²) in [4.78, 5) is 19.3. The second-order valence-corrected chi connectivity index (χ2v) is 4.47. The van der Waals surface area contributed by atoms with Crippen molar-refractivity contribution < 1.29 is 14.3 Å². The molecule has 6 heteroatoms. The highest BCUT2D eigenvalue weighted by atomic mass is 19.1. The van der Waals surface area contributed by atoms with Crippen molar-refractivity contribution in [3.8, 4) is 0 Å². The summed E-state index contributed by atoms with van der Waals surface area (Å²) in [5, 5.41) is 10.9. The molecule has 1 rings (SSSR count). The Balaban J connectivity index is 2.78. The molecule has 2 amide bonds. The average molecular weight is 303 g/mol. The van der Waals surface area contributed by atoms with Crippen LogP contribution in [0, 0.1) is 0 Å². The van der Waals surface area contributed by atoms with E-state index in [4.69, 9.17) is 5.11 Å². The molecule has 0 saturated carbocycles. The lowest BCUT2D eigenvalue weighted by molar-refractivity contribution is 0.245. The van der Waals surface area contributed by atoms with Gasteiger partial charge in [0.25, 0.3) is 0 Å². The van der Waals surface area contributed by atoms with Crippen LogP contribution in [0.5, 0.6) is 0 Å². The van der Waals surface area contributed by atoms with Crippen LogP contribution in [0.3, 0.4) is 0 Å². The van der Waals surface area contributed by atoms with Crippen molar-refractivity contribution in [2.24, 2.45) is 9.98 Å². The van der Waals surface area contributed by atoms with Crippen LogP contribution in [0.25, 0.3) is 0 Å². The van der Waals surface area contributed by atoms with Crippen LogP contribution >= 0.6 is 0 Å². The third-order valence-corrected chi connectivity index (χ3v) is 2.58. The summed E-state index contributed by atoms with van der Waals surface area (Å²) < 4.78 is 13.2. The van der Waals surface area contributed by atoms with Gasteiger partial charge >= 0.3 is 6.03 Å². The molecule has 0 aromatic heterocycles. The molecule has 5 nitrogen and oxygen atoms in total. The normalized spacial score (nSPS) is 15.5. The number of nitrogens with one attached hydrogen (secondary N) is 1. The number of rotatable bonds is 5. The van der Waals surface area contributed by atoms with Gasteiger partial charge in [0.05, 0.1) is 12.3 Å². The van der Waals surface area contributed by atoms with Crippen LogP contribution in [0.1, 0.15) is 13.3 Å². The number of halogens is 1. The Hall–Kier alpha value is -2.76. The molecule has 1 aliphatic carbocycles.